The Kier molecular flexibility index (Phi) is 8.70. The third kappa shape index (κ3) is 5.96. The van der Waals surface area contributed by atoms with Crippen LogP contribution in [0.15, 0.2) is 48.5 Å². The highest BCUT2D eigenvalue weighted by molar-refractivity contribution is 7.89. The molecule has 0 spiro atoms. The molecule has 0 saturated carbocycles. The molecule has 3 aromatic rings. The molecule has 2 atom stereocenters. The van der Waals surface area contributed by atoms with Gasteiger partial charge in [-0.25, -0.2) is 13.4 Å². The number of methoxy groups -OCH3 is 3. The highest BCUT2D eigenvalue weighted by atomic mass is 32.2. The van der Waals surface area contributed by atoms with Gasteiger partial charge in [-0.1, -0.05) is 24.3 Å². The second kappa shape index (κ2) is 11.3. The monoisotopic (exact) mass is 504 g/mol. The summed E-state index contributed by atoms with van der Waals surface area (Å²) in [7, 11) is 0.951. The number of aryl methyl sites for hydroxylation is 2. The highest BCUT2D eigenvalue weighted by Crippen LogP contribution is 2.33. The molecule has 0 amide bonds. The number of ether oxygens (including phenoxy) is 3. The van der Waals surface area contributed by atoms with Gasteiger partial charge in [0.25, 0.3) is 0 Å². The van der Waals surface area contributed by atoms with Crippen LogP contribution in [0.5, 0.6) is 11.5 Å². The van der Waals surface area contributed by atoms with E-state index in [0.29, 0.717) is 5.01 Å². The second-order valence-electron chi connectivity index (χ2n) is 8.06. The molecule has 0 N–H and O–H groups in total. The summed E-state index contributed by atoms with van der Waals surface area (Å²) >= 11 is 1.47. The fourth-order valence-electron chi connectivity index (χ4n) is 3.61. The molecule has 0 radical (unpaired) electrons. The Morgan fingerprint density at radius 3 is 1.71 bits per heavy atom. The Hall–Kier alpha value is -2.46. The number of nitrogens with zero attached hydrogens (tertiary/aromatic N) is 2. The van der Waals surface area contributed by atoms with Crippen molar-refractivity contribution in [3.05, 3.63) is 75.2 Å². The molecule has 0 saturated heterocycles. The van der Waals surface area contributed by atoms with Crippen molar-refractivity contribution in [2.75, 3.05) is 21.3 Å². The Labute approximate surface area is 206 Å². The van der Waals surface area contributed by atoms with Crippen LogP contribution in [-0.4, -0.2) is 44.3 Å². The molecule has 0 aliphatic rings. The lowest BCUT2D eigenvalue weighted by atomic mass is 10.2. The topological polar surface area (TPSA) is 78.0 Å². The minimum Gasteiger partial charge on any atom is -0.497 e. The smallest absolute Gasteiger partial charge is 0.220 e. The van der Waals surface area contributed by atoms with Crippen LogP contribution in [0.25, 0.3) is 0 Å². The molecule has 2 aromatic carbocycles. The molecule has 3 rings (SSSR count). The molecule has 1 aromatic heterocycles. The standard InChI is InChI=1S/C25H32N2O5S2/c1-17-18(2)33-25(26-17)24(32-6)19(3)34(28,29)27(15-20-7-11-22(30-4)12-8-20)16-21-9-13-23(31-5)14-10-21/h7-14,19,24H,15-16H2,1-6H3/t19-,24+/m0/s1. The first kappa shape index (κ1) is 26.2. The summed E-state index contributed by atoms with van der Waals surface area (Å²) in [5.74, 6) is 1.44. The van der Waals surface area contributed by atoms with Crippen molar-refractivity contribution in [1.29, 1.82) is 0 Å². The first-order valence-corrected chi connectivity index (χ1v) is 13.2. The summed E-state index contributed by atoms with van der Waals surface area (Å²) in [6, 6.07) is 14.8. The van der Waals surface area contributed by atoms with E-state index in [2.05, 4.69) is 4.98 Å². The molecule has 9 heteroatoms. The van der Waals surface area contributed by atoms with Crippen LogP contribution in [0.1, 0.15) is 39.7 Å². The molecule has 0 bridgehead atoms. The van der Waals surface area contributed by atoms with E-state index in [4.69, 9.17) is 14.2 Å². The number of hydrogen-bond acceptors (Lipinski definition) is 7. The minimum atomic E-state index is -3.78. The van der Waals surface area contributed by atoms with Crippen LogP contribution in [0, 0.1) is 13.8 Å². The molecular weight excluding hydrogens is 472 g/mol. The van der Waals surface area contributed by atoms with Crippen LogP contribution in [0.4, 0.5) is 0 Å². The van der Waals surface area contributed by atoms with E-state index in [0.717, 1.165) is 33.2 Å². The van der Waals surface area contributed by atoms with Crippen molar-refractivity contribution in [2.45, 2.75) is 45.2 Å². The van der Waals surface area contributed by atoms with Crippen LogP contribution in [0.3, 0.4) is 0 Å². The van der Waals surface area contributed by atoms with Gasteiger partial charge in [-0.05, 0) is 56.2 Å². The number of hydrogen-bond donors (Lipinski definition) is 0. The zero-order chi connectivity index (χ0) is 24.9. The van der Waals surface area contributed by atoms with Gasteiger partial charge in [0.2, 0.25) is 10.0 Å². The minimum absolute atomic E-state index is 0.217. The maximum Gasteiger partial charge on any atom is 0.220 e. The quantitative estimate of drug-likeness (QED) is 0.370. The van der Waals surface area contributed by atoms with Crippen LogP contribution in [0.2, 0.25) is 0 Å². The molecule has 0 aliphatic heterocycles. The number of aromatic nitrogens is 1. The molecule has 0 unspecified atom stereocenters. The predicted molar refractivity (Wildman–Crippen MR) is 135 cm³/mol. The Morgan fingerprint density at radius 1 is 0.882 bits per heavy atom. The van der Waals surface area contributed by atoms with E-state index >= 15 is 0 Å². The average molecular weight is 505 g/mol. The molecule has 0 aliphatic carbocycles. The molecule has 1 heterocycles. The van der Waals surface area contributed by atoms with E-state index in [9.17, 15) is 8.42 Å². The second-order valence-corrected chi connectivity index (χ2v) is 11.6. The number of sulfonamides is 1. The van der Waals surface area contributed by atoms with Crippen molar-refractivity contribution >= 4 is 21.4 Å². The lowest BCUT2D eigenvalue weighted by Gasteiger charge is -2.29. The number of thiazole rings is 1. The van der Waals surface area contributed by atoms with Gasteiger partial charge >= 0.3 is 0 Å². The van der Waals surface area contributed by atoms with Gasteiger partial charge in [0.1, 0.15) is 27.9 Å². The van der Waals surface area contributed by atoms with Crippen LogP contribution >= 0.6 is 11.3 Å². The lowest BCUT2D eigenvalue weighted by molar-refractivity contribution is 0.100. The summed E-state index contributed by atoms with van der Waals surface area (Å²) in [6.07, 6.45) is -0.670. The van der Waals surface area contributed by atoms with Gasteiger partial charge in [-0.3, -0.25) is 0 Å². The Balaban J connectivity index is 1.95. The zero-order valence-electron chi connectivity index (χ0n) is 20.4. The Morgan fingerprint density at radius 2 is 1.35 bits per heavy atom. The van der Waals surface area contributed by atoms with E-state index in [1.807, 2.05) is 62.4 Å². The molecule has 184 valence electrons. The Bertz CT molecular complexity index is 1110. The largest absolute Gasteiger partial charge is 0.497 e. The predicted octanol–water partition coefficient (Wildman–Crippen LogP) is 4.89. The van der Waals surface area contributed by atoms with Crippen molar-refractivity contribution in [3.63, 3.8) is 0 Å². The van der Waals surface area contributed by atoms with Gasteiger partial charge in [0, 0.05) is 25.1 Å². The summed E-state index contributed by atoms with van der Waals surface area (Å²) in [5.41, 5.74) is 2.61. The summed E-state index contributed by atoms with van der Waals surface area (Å²) in [5, 5.41) is -0.165. The lowest BCUT2D eigenvalue weighted by Crippen LogP contribution is -2.40. The molecule has 34 heavy (non-hydrogen) atoms. The van der Waals surface area contributed by atoms with Crippen molar-refractivity contribution in [1.82, 2.24) is 9.29 Å². The third-order valence-corrected chi connectivity index (χ3v) is 9.13. The van der Waals surface area contributed by atoms with Gasteiger partial charge < -0.3 is 14.2 Å². The maximum atomic E-state index is 13.9. The zero-order valence-corrected chi connectivity index (χ0v) is 22.1. The summed E-state index contributed by atoms with van der Waals surface area (Å²) < 4.78 is 45.5. The maximum absolute atomic E-state index is 13.9. The third-order valence-electron chi connectivity index (χ3n) is 5.83. The van der Waals surface area contributed by atoms with Crippen LogP contribution in [-0.2, 0) is 27.8 Å². The van der Waals surface area contributed by atoms with E-state index < -0.39 is 21.4 Å². The van der Waals surface area contributed by atoms with Crippen LogP contribution < -0.4 is 9.47 Å². The normalized spacial score (nSPS) is 13.6. The molecule has 7 nitrogen and oxygen atoms in total. The van der Waals surface area contributed by atoms with E-state index in [1.165, 1.54) is 22.8 Å². The summed E-state index contributed by atoms with van der Waals surface area (Å²) in [4.78, 5) is 5.62. The fourth-order valence-corrected chi connectivity index (χ4v) is 6.48. The number of benzene rings is 2. The SMILES string of the molecule is COc1ccc(CN(Cc2ccc(OC)cc2)S(=O)(=O)[C@@H](C)[C@@H](OC)c2nc(C)c(C)s2)cc1. The van der Waals surface area contributed by atoms with Gasteiger partial charge in [0.15, 0.2) is 0 Å². The highest BCUT2D eigenvalue weighted by Gasteiger charge is 2.37. The van der Waals surface area contributed by atoms with Crippen molar-refractivity contribution < 1.29 is 22.6 Å². The van der Waals surface area contributed by atoms with E-state index in [-0.39, 0.29) is 13.1 Å². The van der Waals surface area contributed by atoms with Crippen molar-refractivity contribution in [2.24, 2.45) is 0 Å². The first-order chi connectivity index (χ1) is 16.2. The molecule has 0 fully saturated rings. The van der Waals surface area contributed by atoms with Crippen molar-refractivity contribution in [3.8, 4) is 11.5 Å². The van der Waals surface area contributed by atoms with E-state index in [1.54, 1.807) is 21.1 Å². The number of rotatable bonds is 11. The molecular formula is C25H32N2O5S2. The first-order valence-electron chi connectivity index (χ1n) is 10.9. The van der Waals surface area contributed by atoms with Gasteiger partial charge in [-0.15, -0.1) is 11.3 Å². The summed E-state index contributed by atoms with van der Waals surface area (Å²) in [6.45, 7) is 6.01. The van der Waals surface area contributed by atoms with Gasteiger partial charge in [0.05, 0.1) is 19.9 Å². The fraction of sp³-hybridized carbons (Fsp3) is 0.400. The van der Waals surface area contributed by atoms with Gasteiger partial charge in [-0.2, -0.15) is 4.31 Å². The average Bonchev–Trinajstić information content (AvgIpc) is 3.17.